The third-order valence-electron chi connectivity index (χ3n) is 7.91. The number of nitrogens with one attached hydrogen (secondary N) is 2. The van der Waals surface area contributed by atoms with E-state index in [1.165, 1.54) is 18.2 Å². The molecule has 2 N–H and O–H groups in total. The van der Waals surface area contributed by atoms with Crippen molar-refractivity contribution in [2.75, 3.05) is 25.5 Å². The van der Waals surface area contributed by atoms with Crippen molar-refractivity contribution < 1.29 is 18.0 Å². The van der Waals surface area contributed by atoms with Gasteiger partial charge < -0.3 is 20.1 Å². The van der Waals surface area contributed by atoms with Crippen LogP contribution in [0.2, 0.25) is 0 Å². The number of carbonyl (C=O) groups is 1. The first-order chi connectivity index (χ1) is 17.8. The van der Waals surface area contributed by atoms with E-state index in [0.29, 0.717) is 23.1 Å². The summed E-state index contributed by atoms with van der Waals surface area (Å²) in [7, 11) is 2.11. The molecule has 2 unspecified atom stereocenters. The number of aromatic nitrogens is 1. The molecule has 5 rings (SSSR count). The average Bonchev–Trinajstić information content (AvgIpc) is 3.07. The van der Waals surface area contributed by atoms with Gasteiger partial charge in [-0.15, -0.1) is 0 Å². The average molecular weight is 519 g/mol. The van der Waals surface area contributed by atoms with Gasteiger partial charge >= 0.3 is 0 Å². The lowest BCUT2D eigenvalue weighted by molar-refractivity contribution is 0.0949. The lowest BCUT2D eigenvalue weighted by Crippen LogP contribution is -2.46. The molecule has 1 aromatic carbocycles. The second-order valence-corrected chi connectivity index (χ2v) is 10.2. The van der Waals surface area contributed by atoms with Gasteiger partial charge in [0.1, 0.15) is 5.82 Å². The number of carbonyl (C=O) groups excluding carboxylic acids is 1. The van der Waals surface area contributed by atoms with Crippen molar-refractivity contribution in [3.05, 3.63) is 63.3 Å². The van der Waals surface area contributed by atoms with Crippen LogP contribution in [0, 0.1) is 17.7 Å². The van der Waals surface area contributed by atoms with Crippen LogP contribution in [0.5, 0.6) is 0 Å². The Labute approximate surface area is 216 Å². The summed E-state index contributed by atoms with van der Waals surface area (Å²) in [6, 6.07) is 5.53. The quantitative estimate of drug-likeness (QED) is 0.518. The summed E-state index contributed by atoms with van der Waals surface area (Å²) in [5.41, 5.74) is -0.0389. The molecule has 1 aliphatic heterocycles. The Morgan fingerprint density at radius 3 is 2.38 bits per heavy atom. The molecule has 2 heterocycles. The highest BCUT2D eigenvalue weighted by Crippen LogP contribution is 2.39. The number of anilines is 1. The highest BCUT2D eigenvalue weighted by molar-refractivity contribution is 5.99. The van der Waals surface area contributed by atoms with E-state index in [4.69, 9.17) is 0 Å². The fraction of sp³-hybridized carbons (Fsp3) is 0.571. The van der Waals surface area contributed by atoms with E-state index in [1.54, 1.807) is 10.8 Å². The van der Waals surface area contributed by atoms with Crippen LogP contribution in [0.1, 0.15) is 79.9 Å². The van der Waals surface area contributed by atoms with Crippen molar-refractivity contribution >= 4 is 11.6 Å². The number of hydrogen-bond acceptors (Lipinski definition) is 4. The number of hydrogen-bond donors (Lipinski definition) is 2. The largest absolute Gasteiger partial charge is 0.381 e. The summed E-state index contributed by atoms with van der Waals surface area (Å²) in [6.45, 7) is 5.70. The molecule has 2 saturated carbocycles. The number of likely N-dealkylation sites (tertiary alicyclic amines) is 1. The number of nitrogens with zero attached hydrogens (tertiary/aromatic N) is 2. The molecule has 6 nitrogen and oxygen atoms in total. The van der Waals surface area contributed by atoms with Crippen LogP contribution in [0.25, 0.3) is 0 Å². The molecule has 3 fully saturated rings. The van der Waals surface area contributed by atoms with Gasteiger partial charge in [-0.05, 0) is 51.0 Å². The van der Waals surface area contributed by atoms with Gasteiger partial charge in [0.15, 0.2) is 0 Å². The second-order valence-electron chi connectivity index (χ2n) is 10.2. The van der Waals surface area contributed by atoms with Gasteiger partial charge in [0, 0.05) is 49.5 Å². The molecule has 2 bridgehead atoms. The second kappa shape index (κ2) is 11.7. The molecule has 202 valence electrons. The number of piperidine rings is 1. The van der Waals surface area contributed by atoms with Gasteiger partial charge in [-0.3, -0.25) is 9.59 Å². The van der Waals surface area contributed by atoms with Crippen molar-refractivity contribution in [3.63, 3.8) is 0 Å². The Hall–Kier alpha value is -2.81. The number of benzene rings is 1. The molecule has 2 aliphatic carbocycles. The molecule has 0 spiro atoms. The molecule has 2 aromatic rings. The van der Waals surface area contributed by atoms with Crippen molar-refractivity contribution in [1.29, 1.82) is 0 Å². The number of amides is 1. The number of pyridine rings is 1. The molecule has 1 saturated heterocycles. The maximum atomic E-state index is 14.5. The predicted octanol–water partition coefficient (Wildman–Crippen LogP) is 5.36. The minimum Gasteiger partial charge on any atom is -0.381 e. The lowest BCUT2D eigenvalue weighted by Gasteiger charge is -2.37. The van der Waals surface area contributed by atoms with Crippen LogP contribution < -0.4 is 16.2 Å². The van der Waals surface area contributed by atoms with Gasteiger partial charge in [0.25, 0.3) is 17.9 Å². The van der Waals surface area contributed by atoms with E-state index in [-0.39, 0.29) is 29.8 Å². The molecule has 1 aromatic heterocycles. The zero-order valence-corrected chi connectivity index (χ0v) is 21.8. The number of rotatable bonds is 7. The predicted molar refractivity (Wildman–Crippen MR) is 139 cm³/mol. The Bertz CT molecular complexity index is 1150. The molecule has 2 atom stereocenters. The zero-order chi connectivity index (χ0) is 26.7. The number of fused-ring (bicyclic) bond motifs is 2. The van der Waals surface area contributed by atoms with E-state index in [2.05, 4.69) is 22.6 Å². The smallest absolute Gasteiger partial charge is 0.266 e. The first-order valence-corrected chi connectivity index (χ1v) is 13.4. The van der Waals surface area contributed by atoms with E-state index < -0.39 is 23.7 Å². The van der Waals surface area contributed by atoms with Crippen LogP contribution in [0.3, 0.4) is 0 Å². The molecule has 1 amide bonds. The SMILES string of the molecule is CC.CN1CC2CCC(C1)C2Nc1cc(=O)n(C2CCC2)cc1C(=O)NCc1cccc(C(F)F)c1F. The van der Waals surface area contributed by atoms with Crippen molar-refractivity contribution in [3.8, 4) is 0 Å². The van der Waals surface area contributed by atoms with Gasteiger partial charge in [0.05, 0.1) is 16.8 Å². The highest BCUT2D eigenvalue weighted by Gasteiger charge is 2.41. The topological polar surface area (TPSA) is 66.4 Å². The van der Waals surface area contributed by atoms with E-state index in [9.17, 15) is 22.8 Å². The van der Waals surface area contributed by atoms with Gasteiger partial charge in [-0.1, -0.05) is 32.0 Å². The fourth-order valence-electron chi connectivity index (χ4n) is 5.85. The monoisotopic (exact) mass is 518 g/mol. The Morgan fingerprint density at radius 1 is 1.11 bits per heavy atom. The van der Waals surface area contributed by atoms with Gasteiger partial charge in [-0.25, -0.2) is 13.2 Å². The minimum atomic E-state index is -2.93. The van der Waals surface area contributed by atoms with Crippen LogP contribution in [-0.2, 0) is 6.54 Å². The normalized spacial score (nSPS) is 23.3. The molecular formula is C28H37F3N4O2. The molecule has 0 radical (unpaired) electrons. The van der Waals surface area contributed by atoms with Gasteiger partial charge in [0.2, 0.25) is 0 Å². The summed E-state index contributed by atoms with van der Waals surface area (Å²) in [6.07, 6.45) is 3.69. The third kappa shape index (κ3) is 5.71. The Kier molecular flexibility index (Phi) is 8.62. The maximum absolute atomic E-state index is 14.5. The zero-order valence-electron chi connectivity index (χ0n) is 21.8. The van der Waals surface area contributed by atoms with E-state index in [1.807, 2.05) is 13.8 Å². The molecule has 37 heavy (non-hydrogen) atoms. The highest BCUT2D eigenvalue weighted by atomic mass is 19.3. The maximum Gasteiger partial charge on any atom is 0.266 e. The van der Waals surface area contributed by atoms with E-state index >= 15 is 0 Å². The molecule has 3 aliphatic rings. The van der Waals surface area contributed by atoms with Crippen LogP contribution in [-0.4, -0.2) is 41.6 Å². The van der Waals surface area contributed by atoms with Crippen LogP contribution in [0.4, 0.5) is 18.9 Å². The third-order valence-corrected chi connectivity index (χ3v) is 7.91. The van der Waals surface area contributed by atoms with Gasteiger partial charge in [-0.2, -0.15) is 0 Å². The summed E-state index contributed by atoms with van der Waals surface area (Å²) in [5, 5.41) is 6.19. The number of halogens is 3. The number of alkyl halides is 2. The van der Waals surface area contributed by atoms with E-state index in [0.717, 1.165) is 51.3 Å². The first kappa shape index (κ1) is 27.2. The minimum absolute atomic E-state index is 0.00802. The lowest BCUT2D eigenvalue weighted by atomic mass is 9.91. The first-order valence-electron chi connectivity index (χ1n) is 13.4. The standard InChI is InChI=1S/C26H31F3N4O2.C2H6/c1-32-12-16-8-9-17(13-32)24(16)31-21-10-22(34)33(18-5-3-6-18)14-20(21)26(35)30-11-15-4-2-7-19(23(15)27)25(28)29;1-2/h2,4,7,10,14,16-18,24-25,31H,3,5-6,8-9,11-13H2,1H3,(H,30,35);1-2H3. The summed E-state index contributed by atoms with van der Waals surface area (Å²) >= 11 is 0. The summed E-state index contributed by atoms with van der Waals surface area (Å²) in [5.74, 6) is -0.601. The summed E-state index contributed by atoms with van der Waals surface area (Å²) in [4.78, 5) is 28.5. The van der Waals surface area contributed by atoms with Crippen molar-refractivity contribution in [2.45, 2.75) is 71.0 Å². The Balaban J connectivity index is 0.00000156. The molecule has 9 heteroatoms. The van der Waals surface area contributed by atoms with Crippen LogP contribution in [0.15, 0.2) is 35.3 Å². The molecular weight excluding hydrogens is 481 g/mol. The fourth-order valence-corrected chi connectivity index (χ4v) is 5.85. The van der Waals surface area contributed by atoms with Crippen LogP contribution >= 0.6 is 0 Å². The Morgan fingerprint density at radius 2 is 1.78 bits per heavy atom. The van der Waals surface area contributed by atoms with Crippen molar-refractivity contribution in [1.82, 2.24) is 14.8 Å². The van der Waals surface area contributed by atoms with Crippen molar-refractivity contribution in [2.24, 2.45) is 11.8 Å². The summed E-state index contributed by atoms with van der Waals surface area (Å²) < 4.78 is 42.2.